The Morgan fingerprint density at radius 1 is 1.37 bits per heavy atom. The molecule has 0 aliphatic heterocycles. The molecule has 19 heavy (non-hydrogen) atoms. The summed E-state index contributed by atoms with van der Waals surface area (Å²) in [5.41, 5.74) is 1.15. The Morgan fingerprint density at radius 3 is 2.68 bits per heavy atom. The number of nitrogens with zero attached hydrogens (tertiary/aromatic N) is 3. The molecular formula is C13H24IN5. The van der Waals surface area contributed by atoms with Crippen LogP contribution in [0.15, 0.2) is 23.3 Å². The molecule has 0 saturated heterocycles. The summed E-state index contributed by atoms with van der Waals surface area (Å²) in [6.07, 6.45) is 2.89. The summed E-state index contributed by atoms with van der Waals surface area (Å²) < 4.78 is 0. The van der Waals surface area contributed by atoms with Gasteiger partial charge in [0.1, 0.15) is 5.82 Å². The number of guanidine groups is 1. The lowest BCUT2D eigenvalue weighted by Gasteiger charge is -2.17. The first-order chi connectivity index (χ1) is 8.69. The number of anilines is 1. The van der Waals surface area contributed by atoms with Crippen LogP contribution in [0.3, 0.4) is 0 Å². The SMILES string of the molecule is CCCNC(=NC)NCc1cccnc1N(C)C.I. The summed E-state index contributed by atoms with van der Waals surface area (Å²) in [4.78, 5) is 10.6. The first-order valence-electron chi connectivity index (χ1n) is 6.24. The molecule has 2 N–H and O–H groups in total. The monoisotopic (exact) mass is 377 g/mol. The van der Waals surface area contributed by atoms with Crippen LogP contribution in [0, 0.1) is 0 Å². The van der Waals surface area contributed by atoms with Gasteiger partial charge in [-0.2, -0.15) is 0 Å². The Balaban J connectivity index is 0.00000324. The standard InChI is InChI=1S/C13H23N5.HI/c1-5-8-16-13(14-2)17-10-11-7-6-9-15-12(11)18(3)4;/h6-7,9H,5,8,10H2,1-4H3,(H2,14,16,17);1H. The van der Waals surface area contributed by atoms with Crippen molar-refractivity contribution in [3.63, 3.8) is 0 Å². The van der Waals surface area contributed by atoms with Gasteiger partial charge in [0.25, 0.3) is 0 Å². The first kappa shape index (κ1) is 17.9. The van der Waals surface area contributed by atoms with E-state index < -0.39 is 0 Å². The summed E-state index contributed by atoms with van der Waals surface area (Å²) in [6.45, 7) is 3.77. The summed E-state index contributed by atoms with van der Waals surface area (Å²) in [5.74, 6) is 1.81. The average molecular weight is 377 g/mol. The molecule has 0 aliphatic rings. The van der Waals surface area contributed by atoms with E-state index in [-0.39, 0.29) is 24.0 Å². The highest BCUT2D eigenvalue weighted by Gasteiger charge is 2.05. The smallest absolute Gasteiger partial charge is 0.191 e. The van der Waals surface area contributed by atoms with E-state index >= 15 is 0 Å². The maximum absolute atomic E-state index is 4.37. The predicted octanol–water partition coefficient (Wildman–Crippen LogP) is 1.84. The summed E-state index contributed by atoms with van der Waals surface area (Å²) in [5, 5.41) is 6.53. The number of pyridine rings is 1. The fourth-order valence-electron chi connectivity index (χ4n) is 1.61. The van der Waals surface area contributed by atoms with Crippen molar-refractivity contribution in [1.29, 1.82) is 0 Å². The van der Waals surface area contributed by atoms with Gasteiger partial charge in [-0.05, 0) is 12.5 Å². The van der Waals surface area contributed by atoms with Gasteiger partial charge in [-0.3, -0.25) is 4.99 Å². The lowest BCUT2D eigenvalue weighted by Crippen LogP contribution is -2.37. The molecule has 1 heterocycles. The first-order valence-corrected chi connectivity index (χ1v) is 6.24. The molecule has 0 radical (unpaired) electrons. The maximum atomic E-state index is 4.37. The van der Waals surface area contributed by atoms with E-state index in [1.165, 1.54) is 0 Å². The van der Waals surface area contributed by atoms with Gasteiger partial charge in [0, 0.05) is 46.0 Å². The number of rotatable bonds is 5. The van der Waals surface area contributed by atoms with E-state index in [9.17, 15) is 0 Å². The van der Waals surface area contributed by atoms with Crippen molar-refractivity contribution in [3.05, 3.63) is 23.9 Å². The third-order valence-electron chi connectivity index (χ3n) is 2.50. The number of hydrogen-bond donors (Lipinski definition) is 2. The zero-order chi connectivity index (χ0) is 13.4. The van der Waals surface area contributed by atoms with Crippen molar-refractivity contribution >= 4 is 35.8 Å². The largest absolute Gasteiger partial charge is 0.362 e. The summed E-state index contributed by atoms with van der Waals surface area (Å²) >= 11 is 0. The van der Waals surface area contributed by atoms with Crippen molar-refractivity contribution < 1.29 is 0 Å². The molecule has 1 rings (SSSR count). The van der Waals surface area contributed by atoms with Gasteiger partial charge in [0.15, 0.2) is 5.96 Å². The van der Waals surface area contributed by atoms with Gasteiger partial charge in [0.2, 0.25) is 0 Å². The molecule has 0 aromatic carbocycles. The predicted molar refractivity (Wildman–Crippen MR) is 92.5 cm³/mol. The van der Waals surface area contributed by atoms with Crippen LogP contribution < -0.4 is 15.5 Å². The molecule has 5 nitrogen and oxygen atoms in total. The van der Waals surface area contributed by atoms with E-state index in [4.69, 9.17) is 0 Å². The summed E-state index contributed by atoms with van der Waals surface area (Å²) in [7, 11) is 5.77. The third-order valence-corrected chi connectivity index (χ3v) is 2.50. The molecule has 1 aromatic rings. The van der Waals surface area contributed by atoms with E-state index in [1.807, 2.05) is 31.3 Å². The minimum Gasteiger partial charge on any atom is -0.362 e. The lowest BCUT2D eigenvalue weighted by atomic mass is 10.2. The Labute approximate surface area is 132 Å². The molecule has 0 unspecified atom stereocenters. The molecular weight excluding hydrogens is 353 g/mol. The number of aromatic nitrogens is 1. The number of halogens is 1. The summed E-state index contributed by atoms with van der Waals surface area (Å²) in [6, 6.07) is 4.02. The van der Waals surface area contributed by atoms with Crippen LogP contribution in [0.25, 0.3) is 0 Å². The molecule has 0 saturated carbocycles. The van der Waals surface area contributed by atoms with Crippen molar-refractivity contribution in [2.75, 3.05) is 32.6 Å². The van der Waals surface area contributed by atoms with Gasteiger partial charge in [-0.25, -0.2) is 4.98 Å². The second-order valence-corrected chi connectivity index (χ2v) is 4.23. The Kier molecular flexibility index (Phi) is 9.28. The molecule has 6 heteroatoms. The molecule has 0 amide bonds. The minimum absolute atomic E-state index is 0. The van der Waals surface area contributed by atoms with Crippen LogP contribution in [0.4, 0.5) is 5.82 Å². The van der Waals surface area contributed by atoms with E-state index in [0.29, 0.717) is 6.54 Å². The Morgan fingerprint density at radius 2 is 2.11 bits per heavy atom. The van der Waals surface area contributed by atoms with Crippen molar-refractivity contribution in [2.24, 2.45) is 4.99 Å². The topological polar surface area (TPSA) is 52.6 Å². The maximum Gasteiger partial charge on any atom is 0.191 e. The Hall–Kier alpha value is -1.05. The van der Waals surface area contributed by atoms with Crippen LogP contribution in [-0.2, 0) is 6.54 Å². The van der Waals surface area contributed by atoms with Crippen LogP contribution in [0.1, 0.15) is 18.9 Å². The van der Waals surface area contributed by atoms with E-state index in [0.717, 1.165) is 30.3 Å². The highest BCUT2D eigenvalue weighted by Crippen LogP contribution is 2.13. The Bertz CT molecular complexity index is 392. The molecule has 0 bridgehead atoms. The number of nitrogens with one attached hydrogen (secondary N) is 2. The van der Waals surface area contributed by atoms with Crippen LogP contribution in [0.5, 0.6) is 0 Å². The van der Waals surface area contributed by atoms with E-state index in [1.54, 1.807) is 7.05 Å². The normalized spacial score (nSPS) is 10.6. The van der Waals surface area contributed by atoms with Crippen molar-refractivity contribution in [2.45, 2.75) is 19.9 Å². The van der Waals surface area contributed by atoms with Crippen LogP contribution in [-0.4, -0.2) is 38.6 Å². The van der Waals surface area contributed by atoms with Gasteiger partial charge < -0.3 is 15.5 Å². The van der Waals surface area contributed by atoms with Crippen molar-refractivity contribution in [1.82, 2.24) is 15.6 Å². The molecule has 0 fully saturated rings. The number of hydrogen-bond acceptors (Lipinski definition) is 3. The molecule has 1 aromatic heterocycles. The molecule has 108 valence electrons. The molecule has 0 atom stereocenters. The van der Waals surface area contributed by atoms with E-state index in [2.05, 4.69) is 33.6 Å². The van der Waals surface area contributed by atoms with Crippen molar-refractivity contribution in [3.8, 4) is 0 Å². The third kappa shape index (κ3) is 6.09. The zero-order valence-corrected chi connectivity index (χ0v) is 14.4. The minimum atomic E-state index is 0. The highest BCUT2D eigenvalue weighted by atomic mass is 127. The highest BCUT2D eigenvalue weighted by molar-refractivity contribution is 14.0. The second kappa shape index (κ2) is 9.82. The fourth-order valence-corrected chi connectivity index (χ4v) is 1.61. The lowest BCUT2D eigenvalue weighted by molar-refractivity contribution is 0.779. The van der Waals surface area contributed by atoms with Gasteiger partial charge in [0.05, 0.1) is 0 Å². The quantitative estimate of drug-likeness (QED) is 0.467. The van der Waals surface area contributed by atoms with Gasteiger partial charge in [-0.15, -0.1) is 24.0 Å². The van der Waals surface area contributed by atoms with Crippen LogP contribution in [0.2, 0.25) is 0 Å². The molecule has 0 spiro atoms. The second-order valence-electron chi connectivity index (χ2n) is 4.23. The number of aliphatic imine (C=N–C) groups is 1. The zero-order valence-electron chi connectivity index (χ0n) is 12.1. The average Bonchev–Trinajstić information content (AvgIpc) is 2.39. The molecule has 0 aliphatic carbocycles. The van der Waals surface area contributed by atoms with Crippen LogP contribution >= 0.6 is 24.0 Å². The fraction of sp³-hybridized carbons (Fsp3) is 0.538. The van der Waals surface area contributed by atoms with Gasteiger partial charge >= 0.3 is 0 Å². The van der Waals surface area contributed by atoms with Gasteiger partial charge in [-0.1, -0.05) is 13.0 Å².